The molecule has 0 aliphatic rings. The normalized spacial score (nSPS) is 10.5. The number of nitro groups is 1. The van der Waals surface area contributed by atoms with Gasteiger partial charge in [0.25, 0.3) is 5.69 Å². The summed E-state index contributed by atoms with van der Waals surface area (Å²) in [5, 5.41) is 10.9. The van der Waals surface area contributed by atoms with Gasteiger partial charge in [0.1, 0.15) is 10.9 Å². The Morgan fingerprint density at radius 3 is 2.75 bits per heavy atom. The lowest BCUT2D eigenvalue weighted by atomic mass is 10.1. The number of carbonyl (C=O) groups is 1. The standard InChI is InChI=1S/C13H12N2O5/c1-3-20-13(17)8-6-14-11-7(2)4-5-9(15(18)19)10(11)12(8)16/h4-6H,3H2,1-2H3,(H,14,16). The third kappa shape index (κ3) is 2.13. The molecule has 0 bridgehead atoms. The van der Waals surface area contributed by atoms with Crippen molar-refractivity contribution in [3.05, 3.63) is 49.8 Å². The summed E-state index contributed by atoms with van der Waals surface area (Å²) >= 11 is 0. The number of aryl methyl sites for hydroxylation is 1. The molecule has 1 heterocycles. The van der Waals surface area contributed by atoms with Crippen molar-refractivity contribution in [1.29, 1.82) is 0 Å². The Morgan fingerprint density at radius 1 is 1.45 bits per heavy atom. The van der Waals surface area contributed by atoms with Gasteiger partial charge in [-0.3, -0.25) is 14.9 Å². The first-order chi connectivity index (χ1) is 9.47. The minimum Gasteiger partial charge on any atom is -0.462 e. The number of H-pyrrole nitrogens is 1. The number of hydrogen-bond acceptors (Lipinski definition) is 5. The second kappa shape index (κ2) is 5.12. The van der Waals surface area contributed by atoms with E-state index in [1.807, 2.05) is 0 Å². The Bertz CT molecular complexity index is 763. The Hall–Kier alpha value is -2.70. The molecule has 0 saturated carbocycles. The Morgan fingerprint density at radius 2 is 2.15 bits per heavy atom. The number of carbonyl (C=O) groups excluding carboxylic acids is 1. The van der Waals surface area contributed by atoms with Crippen molar-refractivity contribution >= 4 is 22.6 Å². The third-order valence-electron chi connectivity index (χ3n) is 2.92. The van der Waals surface area contributed by atoms with Crippen LogP contribution in [-0.4, -0.2) is 22.5 Å². The number of ether oxygens (including phenoxy) is 1. The first-order valence-corrected chi connectivity index (χ1v) is 5.93. The average Bonchev–Trinajstić information content (AvgIpc) is 2.40. The van der Waals surface area contributed by atoms with Gasteiger partial charge < -0.3 is 9.72 Å². The van der Waals surface area contributed by atoms with Crippen LogP contribution < -0.4 is 5.43 Å². The first-order valence-electron chi connectivity index (χ1n) is 5.93. The summed E-state index contributed by atoms with van der Waals surface area (Å²) in [7, 11) is 0. The molecule has 104 valence electrons. The topological polar surface area (TPSA) is 102 Å². The van der Waals surface area contributed by atoms with Crippen molar-refractivity contribution < 1.29 is 14.5 Å². The van der Waals surface area contributed by atoms with Gasteiger partial charge in [0.2, 0.25) is 5.43 Å². The van der Waals surface area contributed by atoms with E-state index in [0.717, 1.165) is 0 Å². The van der Waals surface area contributed by atoms with E-state index in [1.54, 1.807) is 19.9 Å². The maximum atomic E-state index is 12.3. The second-order valence-corrected chi connectivity index (χ2v) is 4.16. The summed E-state index contributed by atoms with van der Waals surface area (Å²) in [6.45, 7) is 3.44. The van der Waals surface area contributed by atoms with E-state index in [2.05, 4.69) is 4.98 Å². The van der Waals surface area contributed by atoms with Crippen LogP contribution in [0.2, 0.25) is 0 Å². The van der Waals surface area contributed by atoms with Gasteiger partial charge in [-0.1, -0.05) is 6.07 Å². The maximum absolute atomic E-state index is 12.3. The van der Waals surface area contributed by atoms with Crippen molar-refractivity contribution in [3.63, 3.8) is 0 Å². The van der Waals surface area contributed by atoms with Crippen LogP contribution in [0.25, 0.3) is 10.9 Å². The van der Waals surface area contributed by atoms with Crippen LogP contribution in [0.4, 0.5) is 5.69 Å². The van der Waals surface area contributed by atoms with E-state index in [4.69, 9.17) is 4.74 Å². The highest BCUT2D eigenvalue weighted by Gasteiger charge is 2.21. The Labute approximate surface area is 113 Å². The summed E-state index contributed by atoms with van der Waals surface area (Å²) in [5.74, 6) is -0.800. The number of nitrogens with one attached hydrogen (secondary N) is 1. The molecule has 0 fully saturated rings. The van der Waals surface area contributed by atoms with E-state index in [0.29, 0.717) is 11.1 Å². The molecule has 7 heteroatoms. The Kier molecular flexibility index (Phi) is 3.51. The smallest absolute Gasteiger partial charge is 0.343 e. The molecule has 0 amide bonds. The fourth-order valence-electron chi connectivity index (χ4n) is 1.97. The monoisotopic (exact) mass is 276 g/mol. The maximum Gasteiger partial charge on any atom is 0.343 e. The zero-order chi connectivity index (χ0) is 14.9. The number of benzene rings is 1. The highest BCUT2D eigenvalue weighted by Crippen LogP contribution is 2.24. The number of fused-ring (bicyclic) bond motifs is 1. The van der Waals surface area contributed by atoms with Gasteiger partial charge in [-0.05, 0) is 19.4 Å². The molecule has 2 rings (SSSR count). The van der Waals surface area contributed by atoms with Gasteiger partial charge in [-0.15, -0.1) is 0 Å². The average molecular weight is 276 g/mol. The summed E-state index contributed by atoms with van der Waals surface area (Å²) in [5.41, 5.74) is -0.256. The van der Waals surface area contributed by atoms with Crippen LogP contribution in [0.3, 0.4) is 0 Å². The number of nitrogens with zero attached hydrogens (tertiary/aromatic N) is 1. The highest BCUT2D eigenvalue weighted by atomic mass is 16.6. The van der Waals surface area contributed by atoms with Gasteiger partial charge >= 0.3 is 5.97 Å². The minimum absolute atomic E-state index is 0.111. The van der Waals surface area contributed by atoms with Crippen LogP contribution in [0.15, 0.2) is 23.1 Å². The minimum atomic E-state index is -0.800. The van der Waals surface area contributed by atoms with Crippen molar-refractivity contribution in [3.8, 4) is 0 Å². The summed E-state index contributed by atoms with van der Waals surface area (Å²) in [6.07, 6.45) is 1.22. The van der Waals surface area contributed by atoms with E-state index < -0.39 is 16.3 Å². The number of non-ortho nitro benzene ring substituents is 1. The lowest BCUT2D eigenvalue weighted by molar-refractivity contribution is -0.383. The number of aromatic amines is 1. The van der Waals surface area contributed by atoms with E-state index >= 15 is 0 Å². The molecule has 0 saturated heterocycles. The van der Waals surface area contributed by atoms with Gasteiger partial charge in [0.15, 0.2) is 0 Å². The largest absolute Gasteiger partial charge is 0.462 e. The third-order valence-corrected chi connectivity index (χ3v) is 2.92. The highest BCUT2D eigenvalue weighted by molar-refractivity contribution is 5.97. The fraction of sp³-hybridized carbons (Fsp3) is 0.231. The number of esters is 1. The molecular formula is C13H12N2O5. The van der Waals surface area contributed by atoms with Gasteiger partial charge in [0.05, 0.1) is 17.0 Å². The van der Waals surface area contributed by atoms with Gasteiger partial charge in [0, 0.05) is 12.3 Å². The molecule has 0 aliphatic carbocycles. The fourth-order valence-corrected chi connectivity index (χ4v) is 1.97. The Balaban J connectivity index is 2.83. The molecule has 1 aromatic heterocycles. The quantitative estimate of drug-likeness (QED) is 0.524. The second-order valence-electron chi connectivity index (χ2n) is 4.16. The lowest BCUT2D eigenvalue weighted by Gasteiger charge is -2.05. The number of aromatic nitrogens is 1. The lowest BCUT2D eigenvalue weighted by Crippen LogP contribution is -2.19. The van der Waals surface area contributed by atoms with Crippen molar-refractivity contribution in [1.82, 2.24) is 4.98 Å². The molecule has 1 N–H and O–H groups in total. The van der Waals surface area contributed by atoms with E-state index in [-0.39, 0.29) is 23.2 Å². The van der Waals surface area contributed by atoms with Crippen LogP contribution in [0, 0.1) is 17.0 Å². The zero-order valence-electron chi connectivity index (χ0n) is 10.9. The molecule has 7 nitrogen and oxygen atoms in total. The van der Waals surface area contributed by atoms with Crippen molar-refractivity contribution in [2.75, 3.05) is 6.61 Å². The van der Waals surface area contributed by atoms with Crippen LogP contribution in [0.1, 0.15) is 22.8 Å². The van der Waals surface area contributed by atoms with Gasteiger partial charge in [-0.2, -0.15) is 0 Å². The molecule has 2 aromatic rings. The SMILES string of the molecule is CCOC(=O)c1c[nH]c2c(C)ccc([N+](=O)[O-])c2c1=O. The number of hydrogen-bond donors (Lipinski definition) is 1. The molecule has 0 spiro atoms. The zero-order valence-corrected chi connectivity index (χ0v) is 10.9. The van der Waals surface area contributed by atoms with Crippen molar-refractivity contribution in [2.45, 2.75) is 13.8 Å². The summed E-state index contributed by atoms with van der Waals surface area (Å²) in [4.78, 5) is 37.1. The number of pyridine rings is 1. The molecule has 20 heavy (non-hydrogen) atoms. The molecule has 1 aromatic carbocycles. The molecular weight excluding hydrogens is 264 g/mol. The van der Waals surface area contributed by atoms with Crippen molar-refractivity contribution in [2.24, 2.45) is 0 Å². The first kappa shape index (κ1) is 13.7. The molecule has 0 aliphatic heterocycles. The molecule has 0 unspecified atom stereocenters. The molecule has 0 radical (unpaired) electrons. The number of nitro benzene ring substituents is 1. The van der Waals surface area contributed by atoms with E-state index in [9.17, 15) is 19.7 Å². The molecule has 0 atom stereocenters. The predicted octanol–water partition coefficient (Wildman–Crippen LogP) is 1.92. The van der Waals surface area contributed by atoms with Crippen LogP contribution in [0.5, 0.6) is 0 Å². The van der Waals surface area contributed by atoms with Crippen LogP contribution >= 0.6 is 0 Å². The van der Waals surface area contributed by atoms with E-state index in [1.165, 1.54) is 12.3 Å². The van der Waals surface area contributed by atoms with Gasteiger partial charge in [-0.25, -0.2) is 4.79 Å². The summed E-state index contributed by atoms with van der Waals surface area (Å²) < 4.78 is 4.76. The van der Waals surface area contributed by atoms with Crippen LogP contribution in [-0.2, 0) is 4.74 Å². The summed E-state index contributed by atoms with van der Waals surface area (Å²) in [6, 6.07) is 2.79. The number of rotatable bonds is 3. The predicted molar refractivity (Wildman–Crippen MR) is 71.9 cm³/mol.